The summed E-state index contributed by atoms with van der Waals surface area (Å²) in [5.41, 5.74) is 3.78. The zero-order valence-electron chi connectivity index (χ0n) is 24.5. The number of sulfone groups is 1. The maximum atomic E-state index is 13.5. The summed E-state index contributed by atoms with van der Waals surface area (Å²) in [6, 6.07) is 21.9. The molecule has 1 fully saturated rings. The van der Waals surface area contributed by atoms with Gasteiger partial charge in [-0.1, -0.05) is 54.6 Å². The van der Waals surface area contributed by atoms with Crippen molar-refractivity contribution in [3.05, 3.63) is 107 Å². The van der Waals surface area contributed by atoms with E-state index in [-0.39, 0.29) is 17.5 Å². The number of fused-ring (bicyclic) bond motifs is 1. The second-order valence-corrected chi connectivity index (χ2v) is 13.1. The fourth-order valence-corrected chi connectivity index (χ4v) is 7.20. The molecular formula is C34H34FN5O3S. The number of rotatable bonds is 10. The van der Waals surface area contributed by atoms with E-state index < -0.39 is 16.5 Å². The van der Waals surface area contributed by atoms with Gasteiger partial charge in [-0.3, -0.25) is 0 Å². The molecule has 1 aliphatic heterocycles. The third-order valence-electron chi connectivity index (χ3n) is 7.84. The number of ether oxygens (including phenoxy) is 1. The summed E-state index contributed by atoms with van der Waals surface area (Å²) in [7, 11) is -3.60. The van der Waals surface area contributed by atoms with Gasteiger partial charge in [-0.25, -0.2) is 27.8 Å². The molecule has 5 aromatic rings. The van der Waals surface area contributed by atoms with Crippen LogP contribution in [0.4, 0.5) is 10.3 Å². The molecule has 0 saturated carbocycles. The average molecular weight is 612 g/mol. The van der Waals surface area contributed by atoms with Crippen molar-refractivity contribution in [2.75, 3.05) is 18.4 Å². The van der Waals surface area contributed by atoms with Gasteiger partial charge in [0.05, 0.1) is 22.8 Å². The summed E-state index contributed by atoms with van der Waals surface area (Å²) >= 11 is 0. The lowest BCUT2D eigenvalue weighted by Crippen LogP contribution is -2.38. The number of anilines is 1. The highest BCUT2D eigenvalue weighted by Crippen LogP contribution is 2.38. The Bertz CT molecular complexity index is 1890. The minimum atomic E-state index is -3.60. The van der Waals surface area contributed by atoms with E-state index in [4.69, 9.17) is 9.72 Å². The van der Waals surface area contributed by atoms with E-state index in [1.165, 1.54) is 0 Å². The first-order chi connectivity index (χ1) is 21.4. The second-order valence-electron chi connectivity index (χ2n) is 11.1. The van der Waals surface area contributed by atoms with Gasteiger partial charge in [0.2, 0.25) is 11.8 Å². The SMILES string of the molecule is Cc1ccc2c(CS(=O)(=O)Cc3ccccc3CF)cccc2c1Oc1ncccc1-c1ccnc(N[C@H]2CCCNC2)n1. The third kappa shape index (κ3) is 6.71. The number of hydrogen-bond donors (Lipinski definition) is 2. The molecule has 1 atom stereocenters. The Labute approximate surface area is 256 Å². The lowest BCUT2D eigenvalue weighted by Gasteiger charge is -2.23. The molecule has 0 amide bonds. The van der Waals surface area contributed by atoms with Crippen LogP contribution in [0.2, 0.25) is 0 Å². The molecule has 6 rings (SSSR count). The molecule has 3 heterocycles. The molecule has 0 aliphatic carbocycles. The number of nitrogens with zero attached hydrogens (tertiary/aromatic N) is 3. The van der Waals surface area contributed by atoms with E-state index in [0.29, 0.717) is 45.5 Å². The van der Waals surface area contributed by atoms with Gasteiger partial charge in [0.25, 0.3) is 0 Å². The highest BCUT2D eigenvalue weighted by atomic mass is 32.2. The Kier molecular flexibility index (Phi) is 8.81. The van der Waals surface area contributed by atoms with E-state index in [2.05, 4.69) is 20.6 Å². The molecular weight excluding hydrogens is 577 g/mol. The van der Waals surface area contributed by atoms with E-state index >= 15 is 0 Å². The molecule has 0 bridgehead atoms. The highest BCUT2D eigenvalue weighted by molar-refractivity contribution is 7.89. The van der Waals surface area contributed by atoms with Crippen LogP contribution >= 0.6 is 0 Å². The van der Waals surface area contributed by atoms with Gasteiger partial charge < -0.3 is 15.4 Å². The maximum Gasteiger partial charge on any atom is 0.228 e. The van der Waals surface area contributed by atoms with Gasteiger partial charge in [0.15, 0.2) is 9.84 Å². The lowest BCUT2D eigenvalue weighted by atomic mass is 10.0. The van der Waals surface area contributed by atoms with Crippen molar-refractivity contribution in [2.24, 2.45) is 0 Å². The summed E-state index contributed by atoms with van der Waals surface area (Å²) in [4.78, 5) is 13.7. The number of piperidine rings is 1. The molecule has 0 radical (unpaired) electrons. The van der Waals surface area contributed by atoms with Crippen LogP contribution < -0.4 is 15.4 Å². The minimum Gasteiger partial charge on any atom is -0.437 e. The number of pyridine rings is 1. The van der Waals surface area contributed by atoms with Gasteiger partial charge >= 0.3 is 0 Å². The predicted molar refractivity (Wildman–Crippen MR) is 171 cm³/mol. The molecule has 8 nitrogen and oxygen atoms in total. The Morgan fingerprint density at radius 1 is 0.909 bits per heavy atom. The quantitative estimate of drug-likeness (QED) is 0.183. The van der Waals surface area contributed by atoms with Gasteiger partial charge in [0.1, 0.15) is 12.4 Å². The van der Waals surface area contributed by atoms with E-state index in [1.54, 1.807) is 36.7 Å². The van der Waals surface area contributed by atoms with Crippen LogP contribution in [0.15, 0.2) is 85.2 Å². The minimum absolute atomic E-state index is 0.185. The van der Waals surface area contributed by atoms with Crippen LogP contribution in [0.3, 0.4) is 0 Å². The summed E-state index contributed by atoms with van der Waals surface area (Å²) in [5, 5.41) is 8.36. The number of halogens is 1. The normalized spacial score (nSPS) is 15.3. The average Bonchev–Trinajstić information content (AvgIpc) is 3.03. The Balaban J connectivity index is 1.30. The molecule has 1 saturated heterocycles. The fraction of sp³-hybridized carbons (Fsp3) is 0.265. The lowest BCUT2D eigenvalue weighted by molar-refractivity contribution is 0.466. The first kappa shape index (κ1) is 29.7. The van der Waals surface area contributed by atoms with Crippen molar-refractivity contribution in [3.8, 4) is 22.9 Å². The standard InChI is InChI=1S/C34H34FN5O3S/c1-23-13-14-28-26(22-44(41,42)21-25-8-3-2-7-24(25)19-35)9-4-11-29(28)32(23)43-33-30(12-6-17-37-33)31-15-18-38-34(40-31)39-27-10-5-16-36-20-27/h2-4,6-9,11-15,17-18,27,36H,5,10,16,19-22H2,1H3,(H,38,39,40)/t27-/m0/s1. The fourth-order valence-electron chi connectivity index (χ4n) is 5.62. The van der Waals surface area contributed by atoms with Crippen molar-refractivity contribution < 1.29 is 17.5 Å². The Morgan fingerprint density at radius 2 is 1.73 bits per heavy atom. The van der Waals surface area contributed by atoms with Crippen LogP contribution in [0.5, 0.6) is 11.6 Å². The van der Waals surface area contributed by atoms with E-state index in [9.17, 15) is 12.8 Å². The summed E-state index contributed by atoms with van der Waals surface area (Å²) < 4.78 is 46.6. The van der Waals surface area contributed by atoms with Crippen LogP contribution in [-0.2, 0) is 28.0 Å². The smallest absolute Gasteiger partial charge is 0.228 e. The number of aromatic nitrogens is 3. The van der Waals surface area contributed by atoms with E-state index in [0.717, 1.165) is 42.3 Å². The summed E-state index contributed by atoms with van der Waals surface area (Å²) in [6.07, 6.45) is 5.54. The molecule has 2 aromatic heterocycles. The van der Waals surface area contributed by atoms with Crippen LogP contribution in [0.25, 0.3) is 22.0 Å². The third-order valence-corrected chi connectivity index (χ3v) is 9.35. The van der Waals surface area contributed by atoms with Crippen molar-refractivity contribution in [1.29, 1.82) is 0 Å². The van der Waals surface area contributed by atoms with Gasteiger partial charge in [0, 0.05) is 30.4 Å². The zero-order valence-corrected chi connectivity index (χ0v) is 25.3. The number of alkyl halides is 1. The molecule has 0 spiro atoms. The van der Waals surface area contributed by atoms with E-state index in [1.807, 2.05) is 55.5 Å². The Morgan fingerprint density at radius 3 is 2.55 bits per heavy atom. The number of nitrogens with one attached hydrogen (secondary N) is 2. The molecule has 226 valence electrons. The molecule has 0 unspecified atom stereocenters. The largest absolute Gasteiger partial charge is 0.437 e. The van der Waals surface area contributed by atoms with Crippen molar-refractivity contribution in [3.63, 3.8) is 0 Å². The Hall–Kier alpha value is -4.41. The maximum absolute atomic E-state index is 13.5. The number of benzene rings is 3. The second kappa shape index (κ2) is 13.1. The van der Waals surface area contributed by atoms with Gasteiger partial charge in [-0.05, 0) is 72.1 Å². The van der Waals surface area contributed by atoms with Crippen molar-refractivity contribution in [2.45, 2.75) is 44.0 Å². The zero-order chi connectivity index (χ0) is 30.5. The van der Waals surface area contributed by atoms with Crippen LogP contribution in [0.1, 0.15) is 35.1 Å². The number of aryl methyl sites for hydroxylation is 1. The molecule has 10 heteroatoms. The summed E-state index contributed by atoms with van der Waals surface area (Å²) in [6.45, 7) is 3.12. The molecule has 1 aliphatic rings. The van der Waals surface area contributed by atoms with Gasteiger partial charge in [-0.2, -0.15) is 0 Å². The van der Waals surface area contributed by atoms with Crippen molar-refractivity contribution >= 4 is 26.6 Å². The predicted octanol–water partition coefficient (Wildman–Crippen LogP) is 6.54. The number of hydrogen-bond acceptors (Lipinski definition) is 8. The summed E-state index contributed by atoms with van der Waals surface area (Å²) in [5.74, 6) is 1.10. The molecule has 2 N–H and O–H groups in total. The first-order valence-electron chi connectivity index (χ1n) is 14.7. The first-order valence-corrected chi connectivity index (χ1v) is 16.5. The van der Waals surface area contributed by atoms with Crippen molar-refractivity contribution in [1.82, 2.24) is 20.3 Å². The molecule has 44 heavy (non-hydrogen) atoms. The monoisotopic (exact) mass is 611 g/mol. The topological polar surface area (TPSA) is 106 Å². The highest BCUT2D eigenvalue weighted by Gasteiger charge is 2.20. The van der Waals surface area contributed by atoms with Crippen LogP contribution in [-0.4, -0.2) is 42.5 Å². The molecule has 3 aromatic carbocycles. The van der Waals surface area contributed by atoms with Gasteiger partial charge in [-0.15, -0.1) is 0 Å². The van der Waals surface area contributed by atoms with Crippen LogP contribution in [0, 0.1) is 6.92 Å².